The quantitative estimate of drug-likeness (QED) is 0.828. The monoisotopic (exact) mass is 297 g/mol. The van der Waals surface area contributed by atoms with E-state index in [2.05, 4.69) is 10.3 Å². The number of anilines is 1. The molecule has 1 saturated heterocycles. The molecule has 2 heterocycles. The van der Waals surface area contributed by atoms with Crippen molar-refractivity contribution in [3.05, 3.63) is 11.1 Å². The fourth-order valence-corrected chi connectivity index (χ4v) is 2.56. The van der Waals surface area contributed by atoms with Gasteiger partial charge < -0.3 is 15.0 Å². The molecule has 1 N–H and O–H groups in total. The number of thiazole rings is 1. The summed E-state index contributed by atoms with van der Waals surface area (Å²) in [5, 5.41) is 4.48. The van der Waals surface area contributed by atoms with Crippen LogP contribution in [-0.2, 0) is 14.3 Å². The van der Waals surface area contributed by atoms with Crippen LogP contribution in [-0.4, -0.2) is 47.9 Å². The number of nitrogens with zero attached hydrogens (tertiary/aromatic N) is 2. The lowest BCUT2D eigenvalue weighted by Gasteiger charge is -2.09. The highest BCUT2D eigenvalue weighted by atomic mass is 32.1. The predicted octanol–water partition coefficient (Wildman–Crippen LogP) is 0.737. The zero-order valence-electron chi connectivity index (χ0n) is 11.2. The molecule has 0 aliphatic carbocycles. The number of likely N-dealkylation sites (tertiary alicyclic amines) is 1. The average molecular weight is 297 g/mol. The van der Waals surface area contributed by atoms with Crippen LogP contribution in [0.5, 0.6) is 0 Å². The summed E-state index contributed by atoms with van der Waals surface area (Å²) in [6, 6.07) is 0. The molecule has 7 nitrogen and oxygen atoms in total. The summed E-state index contributed by atoms with van der Waals surface area (Å²) < 4.78 is 4.82. The van der Waals surface area contributed by atoms with Crippen LogP contribution in [0.2, 0.25) is 0 Å². The lowest BCUT2D eigenvalue weighted by Crippen LogP contribution is -2.25. The SMILES string of the molecule is CCOC(=O)c1csc(NC(=O)[C@@H]2CC(=O)N(C)C2)n1. The van der Waals surface area contributed by atoms with E-state index in [1.807, 2.05) is 0 Å². The van der Waals surface area contributed by atoms with Gasteiger partial charge in [-0.1, -0.05) is 0 Å². The summed E-state index contributed by atoms with van der Waals surface area (Å²) in [7, 11) is 1.66. The van der Waals surface area contributed by atoms with Crippen LogP contribution >= 0.6 is 11.3 Å². The molecule has 0 spiro atoms. The lowest BCUT2D eigenvalue weighted by atomic mass is 10.1. The normalized spacial score (nSPS) is 18.2. The Morgan fingerprint density at radius 2 is 2.35 bits per heavy atom. The number of hydrogen-bond acceptors (Lipinski definition) is 6. The number of amides is 2. The zero-order chi connectivity index (χ0) is 14.7. The number of esters is 1. The Kier molecular flexibility index (Phi) is 4.33. The second kappa shape index (κ2) is 6.00. The molecule has 1 aliphatic rings. The Hall–Kier alpha value is -1.96. The van der Waals surface area contributed by atoms with E-state index in [1.54, 1.807) is 14.0 Å². The fraction of sp³-hybridized carbons (Fsp3) is 0.500. The van der Waals surface area contributed by atoms with Gasteiger partial charge in [0.2, 0.25) is 11.8 Å². The highest BCUT2D eigenvalue weighted by molar-refractivity contribution is 7.14. The molecule has 20 heavy (non-hydrogen) atoms. The molecule has 8 heteroatoms. The van der Waals surface area contributed by atoms with Gasteiger partial charge in [0.1, 0.15) is 0 Å². The van der Waals surface area contributed by atoms with E-state index in [0.29, 0.717) is 11.7 Å². The summed E-state index contributed by atoms with van der Waals surface area (Å²) in [5.74, 6) is -1.19. The van der Waals surface area contributed by atoms with Crippen molar-refractivity contribution in [2.45, 2.75) is 13.3 Å². The highest BCUT2D eigenvalue weighted by Crippen LogP contribution is 2.21. The lowest BCUT2D eigenvalue weighted by molar-refractivity contribution is -0.127. The van der Waals surface area contributed by atoms with E-state index in [-0.39, 0.29) is 36.5 Å². The maximum atomic E-state index is 12.0. The smallest absolute Gasteiger partial charge is 0.357 e. The topological polar surface area (TPSA) is 88.6 Å². The highest BCUT2D eigenvalue weighted by Gasteiger charge is 2.32. The summed E-state index contributed by atoms with van der Waals surface area (Å²) in [5.41, 5.74) is 0.173. The van der Waals surface area contributed by atoms with Crippen LogP contribution in [0.15, 0.2) is 5.38 Å². The van der Waals surface area contributed by atoms with Crippen molar-refractivity contribution in [2.24, 2.45) is 5.92 Å². The molecule has 0 bridgehead atoms. The van der Waals surface area contributed by atoms with Gasteiger partial charge in [-0.15, -0.1) is 11.3 Å². The van der Waals surface area contributed by atoms with Crippen molar-refractivity contribution in [3.8, 4) is 0 Å². The average Bonchev–Trinajstić information content (AvgIpc) is 2.98. The van der Waals surface area contributed by atoms with Crippen LogP contribution in [0.1, 0.15) is 23.8 Å². The van der Waals surface area contributed by atoms with Gasteiger partial charge in [0, 0.05) is 25.4 Å². The Morgan fingerprint density at radius 3 is 2.95 bits per heavy atom. The minimum Gasteiger partial charge on any atom is -0.461 e. The van der Waals surface area contributed by atoms with Gasteiger partial charge in [0.25, 0.3) is 0 Å². The molecular formula is C12H15N3O4S. The minimum absolute atomic E-state index is 0.0449. The molecule has 0 saturated carbocycles. The van der Waals surface area contributed by atoms with Gasteiger partial charge >= 0.3 is 5.97 Å². The number of hydrogen-bond donors (Lipinski definition) is 1. The summed E-state index contributed by atoms with van der Waals surface area (Å²) in [6.45, 7) is 2.38. The van der Waals surface area contributed by atoms with Crippen molar-refractivity contribution < 1.29 is 19.1 Å². The maximum absolute atomic E-state index is 12.0. The number of rotatable bonds is 4. The molecule has 1 aromatic heterocycles. The largest absolute Gasteiger partial charge is 0.461 e. The Balaban J connectivity index is 1.95. The third-order valence-corrected chi connectivity index (χ3v) is 3.69. The van der Waals surface area contributed by atoms with Gasteiger partial charge in [-0.3, -0.25) is 9.59 Å². The molecule has 1 atom stereocenters. The molecule has 1 fully saturated rings. The van der Waals surface area contributed by atoms with Gasteiger partial charge in [-0.25, -0.2) is 9.78 Å². The number of carbonyl (C=O) groups is 3. The summed E-state index contributed by atoms with van der Waals surface area (Å²) in [6.07, 6.45) is 0.207. The van der Waals surface area contributed by atoms with Crippen LogP contribution in [0.4, 0.5) is 5.13 Å². The number of aromatic nitrogens is 1. The van der Waals surface area contributed by atoms with Gasteiger partial charge in [0.05, 0.1) is 12.5 Å². The van der Waals surface area contributed by atoms with Crippen molar-refractivity contribution in [1.29, 1.82) is 0 Å². The molecule has 0 unspecified atom stereocenters. The van der Waals surface area contributed by atoms with Gasteiger partial charge in [-0.05, 0) is 6.92 Å². The maximum Gasteiger partial charge on any atom is 0.357 e. The Bertz CT molecular complexity index is 543. The van der Waals surface area contributed by atoms with E-state index in [9.17, 15) is 14.4 Å². The molecule has 0 radical (unpaired) electrons. The standard InChI is InChI=1S/C12H15N3O4S/c1-3-19-11(18)8-6-20-12(13-8)14-10(17)7-4-9(16)15(2)5-7/h6-7H,3-5H2,1-2H3,(H,13,14,17)/t7-/m1/s1. The van der Waals surface area contributed by atoms with Crippen molar-refractivity contribution >= 4 is 34.3 Å². The molecule has 2 amide bonds. The van der Waals surface area contributed by atoms with Crippen LogP contribution < -0.4 is 5.32 Å². The third-order valence-electron chi connectivity index (χ3n) is 2.93. The second-order valence-electron chi connectivity index (χ2n) is 4.42. The van der Waals surface area contributed by atoms with E-state index < -0.39 is 5.97 Å². The summed E-state index contributed by atoms with van der Waals surface area (Å²) in [4.78, 5) is 40.3. The molecule has 108 valence electrons. The van der Waals surface area contributed by atoms with Crippen molar-refractivity contribution in [2.75, 3.05) is 25.5 Å². The molecule has 1 aromatic rings. The summed E-state index contributed by atoms with van der Waals surface area (Å²) >= 11 is 1.15. The van der Waals surface area contributed by atoms with Crippen LogP contribution in [0.25, 0.3) is 0 Å². The van der Waals surface area contributed by atoms with E-state index in [4.69, 9.17) is 4.74 Å². The van der Waals surface area contributed by atoms with Gasteiger partial charge in [-0.2, -0.15) is 0 Å². The molecule has 2 rings (SSSR count). The first-order valence-electron chi connectivity index (χ1n) is 6.18. The first kappa shape index (κ1) is 14.4. The zero-order valence-corrected chi connectivity index (χ0v) is 12.0. The Morgan fingerprint density at radius 1 is 1.60 bits per heavy atom. The van der Waals surface area contributed by atoms with Crippen LogP contribution in [0.3, 0.4) is 0 Å². The first-order chi connectivity index (χ1) is 9.51. The molecule has 1 aliphatic heterocycles. The van der Waals surface area contributed by atoms with E-state index in [0.717, 1.165) is 11.3 Å². The molecular weight excluding hydrogens is 282 g/mol. The van der Waals surface area contributed by atoms with Crippen molar-refractivity contribution in [1.82, 2.24) is 9.88 Å². The van der Waals surface area contributed by atoms with Gasteiger partial charge in [0.15, 0.2) is 10.8 Å². The third kappa shape index (κ3) is 3.13. The minimum atomic E-state index is -0.514. The number of ether oxygens (including phenoxy) is 1. The fourth-order valence-electron chi connectivity index (χ4n) is 1.88. The Labute approximate surface area is 119 Å². The van der Waals surface area contributed by atoms with Crippen molar-refractivity contribution in [3.63, 3.8) is 0 Å². The van der Waals surface area contributed by atoms with E-state index in [1.165, 1.54) is 10.3 Å². The number of carbonyl (C=O) groups excluding carboxylic acids is 3. The first-order valence-corrected chi connectivity index (χ1v) is 7.06. The molecule has 0 aromatic carbocycles. The van der Waals surface area contributed by atoms with E-state index >= 15 is 0 Å². The predicted molar refractivity (Wildman–Crippen MR) is 72.4 cm³/mol. The second-order valence-corrected chi connectivity index (χ2v) is 5.28. The van der Waals surface area contributed by atoms with Crippen LogP contribution in [0, 0.1) is 5.92 Å². The number of nitrogens with one attached hydrogen (secondary N) is 1.